The van der Waals surface area contributed by atoms with Crippen LogP contribution in [0.1, 0.15) is 5.56 Å². The van der Waals surface area contributed by atoms with Crippen molar-refractivity contribution in [2.45, 2.75) is 16.0 Å². The zero-order chi connectivity index (χ0) is 15.5. The zero-order valence-electron chi connectivity index (χ0n) is 10.4. The van der Waals surface area contributed by atoms with Crippen molar-refractivity contribution in [1.29, 1.82) is 0 Å². The van der Waals surface area contributed by atoms with Gasteiger partial charge >= 0.3 is 6.18 Å². The SMILES string of the molecule is O=S(OS(=O)c1cccc(C(F)(F)F)c1)c1ccccc1. The minimum absolute atomic E-state index is 0.200. The van der Waals surface area contributed by atoms with Gasteiger partial charge in [0.1, 0.15) is 0 Å². The van der Waals surface area contributed by atoms with Crippen molar-refractivity contribution in [2.24, 2.45) is 0 Å². The number of hydrogen-bond donors (Lipinski definition) is 0. The van der Waals surface area contributed by atoms with E-state index in [2.05, 4.69) is 0 Å². The molecule has 3 nitrogen and oxygen atoms in total. The highest BCUT2D eigenvalue weighted by Gasteiger charge is 2.31. The summed E-state index contributed by atoms with van der Waals surface area (Å²) in [7, 11) is 0. The Morgan fingerprint density at radius 3 is 2.00 bits per heavy atom. The average molecular weight is 334 g/mol. The lowest BCUT2D eigenvalue weighted by molar-refractivity contribution is -0.137. The average Bonchev–Trinajstić information content (AvgIpc) is 2.47. The van der Waals surface area contributed by atoms with Crippen LogP contribution in [0.25, 0.3) is 0 Å². The van der Waals surface area contributed by atoms with Gasteiger partial charge in [-0.15, -0.1) is 0 Å². The predicted octanol–water partition coefficient (Wildman–Crippen LogP) is 3.47. The molecule has 0 heterocycles. The Morgan fingerprint density at radius 2 is 1.38 bits per heavy atom. The molecule has 0 aromatic heterocycles. The lowest BCUT2D eigenvalue weighted by Gasteiger charge is -2.08. The van der Waals surface area contributed by atoms with Gasteiger partial charge in [0.05, 0.1) is 15.4 Å². The van der Waals surface area contributed by atoms with E-state index < -0.39 is 33.9 Å². The number of halogens is 3. The van der Waals surface area contributed by atoms with Gasteiger partial charge in [-0.1, -0.05) is 24.3 Å². The van der Waals surface area contributed by atoms with Gasteiger partial charge in [-0.3, -0.25) is 0 Å². The lowest BCUT2D eigenvalue weighted by atomic mass is 10.2. The van der Waals surface area contributed by atoms with Crippen LogP contribution in [0.5, 0.6) is 0 Å². The molecule has 2 atom stereocenters. The van der Waals surface area contributed by atoms with E-state index in [9.17, 15) is 21.6 Å². The van der Waals surface area contributed by atoms with Gasteiger partial charge in [-0.25, -0.2) is 8.42 Å². The van der Waals surface area contributed by atoms with Crippen LogP contribution in [0.4, 0.5) is 13.2 Å². The van der Waals surface area contributed by atoms with Gasteiger partial charge in [0.15, 0.2) is 0 Å². The normalized spacial score (nSPS) is 14.6. The third kappa shape index (κ3) is 4.23. The molecular weight excluding hydrogens is 325 g/mol. The first-order chi connectivity index (χ1) is 9.88. The van der Waals surface area contributed by atoms with Crippen molar-refractivity contribution in [3.05, 3.63) is 60.2 Å². The van der Waals surface area contributed by atoms with Crippen molar-refractivity contribution in [1.82, 2.24) is 0 Å². The largest absolute Gasteiger partial charge is 0.416 e. The Kier molecular flexibility index (Phi) is 4.92. The summed E-state index contributed by atoms with van der Waals surface area (Å²) in [4.78, 5) is 0.0759. The second-order valence-electron chi connectivity index (χ2n) is 3.88. The lowest BCUT2D eigenvalue weighted by Crippen LogP contribution is -2.07. The fourth-order valence-electron chi connectivity index (χ4n) is 1.44. The Bertz CT molecular complexity index is 672. The number of rotatable bonds is 4. The standard InChI is InChI=1S/C13H9F3O3S2/c14-13(15,16)10-5-4-8-12(9-10)21(18)19-20(17)11-6-2-1-3-7-11/h1-9H. The fraction of sp³-hybridized carbons (Fsp3) is 0.0769. The first-order valence-electron chi connectivity index (χ1n) is 5.62. The molecule has 0 aliphatic heterocycles. The highest BCUT2D eigenvalue weighted by molar-refractivity contribution is 7.93. The molecule has 21 heavy (non-hydrogen) atoms. The maximum atomic E-state index is 12.6. The van der Waals surface area contributed by atoms with E-state index in [-0.39, 0.29) is 9.79 Å². The van der Waals surface area contributed by atoms with Crippen LogP contribution in [0.2, 0.25) is 0 Å². The molecule has 0 radical (unpaired) electrons. The van der Waals surface area contributed by atoms with Gasteiger partial charge in [-0.2, -0.15) is 16.8 Å². The molecule has 0 saturated carbocycles. The summed E-state index contributed by atoms with van der Waals surface area (Å²) in [6.07, 6.45) is -4.54. The third-order valence-electron chi connectivity index (χ3n) is 2.41. The van der Waals surface area contributed by atoms with Crippen molar-refractivity contribution in [3.63, 3.8) is 0 Å². The van der Waals surface area contributed by atoms with Crippen LogP contribution in [-0.2, 0) is 32.0 Å². The summed E-state index contributed by atoms with van der Waals surface area (Å²) < 4.78 is 66.1. The van der Waals surface area contributed by atoms with Crippen LogP contribution in [0, 0.1) is 0 Å². The minimum Gasteiger partial charge on any atom is -0.223 e. The van der Waals surface area contributed by atoms with Crippen LogP contribution >= 0.6 is 0 Å². The van der Waals surface area contributed by atoms with Crippen LogP contribution in [0.15, 0.2) is 64.4 Å². The van der Waals surface area contributed by atoms with Crippen molar-refractivity contribution >= 4 is 22.2 Å². The second-order valence-corrected chi connectivity index (χ2v) is 6.30. The monoisotopic (exact) mass is 334 g/mol. The van der Waals surface area contributed by atoms with Gasteiger partial charge in [0.25, 0.3) is 0 Å². The quantitative estimate of drug-likeness (QED) is 0.860. The Hall–Kier alpha value is -1.51. The van der Waals surface area contributed by atoms with Crippen molar-refractivity contribution in [3.8, 4) is 0 Å². The van der Waals surface area contributed by atoms with Crippen LogP contribution in [0.3, 0.4) is 0 Å². The highest BCUT2D eigenvalue weighted by Crippen LogP contribution is 2.30. The summed E-state index contributed by atoms with van der Waals surface area (Å²) in [5, 5.41) is 0. The number of hydrogen-bond acceptors (Lipinski definition) is 3. The molecule has 2 rings (SSSR count). The zero-order valence-corrected chi connectivity index (χ0v) is 12.0. The number of benzene rings is 2. The van der Waals surface area contributed by atoms with E-state index in [1.54, 1.807) is 18.2 Å². The minimum atomic E-state index is -4.54. The Labute approximate surface area is 124 Å². The molecule has 2 aromatic rings. The first kappa shape index (κ1) is 15.9. The van der Waals surface area contributed by atoms with Crippen LogP contribution < -0.4 is 0 Å². The Morgan fingerprint density at radius 1 is 0.810 bits per heavy atom. The van der Waals surface area contributed by atoms with E-state index in [1.807, 2.05) is 0 Å². The molecule has 0 aliphatic carbocycles. The summed E-state index contributed by atoms with van der Waals surface area (Å²) in [6, 6.07) is 11.8. The van der Waals surface area contributed by atoms with E-state index in [0.717, 1.165) is 12.1 Å². The molecule has 0 amide bonds. The molecule has 0 aliphatic rings. The van der Waals surface area contributed by atoms with Gasteiger partial charge in [-0.05, 0) is 30.3 Å². The van der Waals surface area contributed by atoms with E-state index in [0.29, 0.717) is 6.07 Å². The molecule has 8 heteroatoms. The summed E-state index contributed by atoms with van der Waals surface area (Å²) >= 11 is -4.28. The molecule has 0 fully saturated rings. The molecule has 112 valence electrons. The Balaban J connectivity index is 2.16. The van der Waals surface area contributed by atoms with Crippen molar-refractivity contribution in [2.75, 3.05) is 0 Å². The molecule has 0 bridgehead atoms. The maximum absolute atomic E-state index is 12.6. The van der Waals surface area contributed by atoms with Gasteiger partial charge < -0.3 is 0 Å². The molecule has 2 unspecified atom stereocenters. The fourth-order valence-corrected chi connectivity index (χ4v) is 3.31. The smallest absolute Gasteiger partial charge is 0.223 e. The molecular formula is C13H9F3O3S2. The third-order valence-corrected chi connectivity index (χ3v) is 4.70. The van der Waals surface area contributed by atoms with Crippen LogP contribution in [-0.4, -0.2) is 8.42 Å². The van der Waals surface area contributed by atoms with E-state index in [4.69, 9.17) is 3.63 Å². The summed E-state index contributed by atoms with van der Waals surface area (Å²) in [5.74, 6) is 0. The van der Waals surface area contributed by atoms with Gasteiger partial charge in [0.2, 0.25) is 22.2 Å². The maximum Gasteiger partial charge on any atom is 0.416 e. The predicted molar refractivity (Wildman–Crippen MR) is 71.8 cm³/mol. The summed E-state index contributed by atoms with van der Waals surface area (Å²) in [5.41, 5.74) is -0.942. The van der Waals surface area contributed by atoms with E-state index in [1.165, 1.54) is 18.2 Å². The van der Waals surface area contributed by atoms with Crippen molar-refractivity contribution < 1.29 is 25.2 Å². The van der Waals surface area contributed by atoms with Gasteiger partial charge in [0, 0.05) is 0 Å². The second kappa shape index (κ2) is 6.50. The first-order valence-corrected chi connectivity index (χ1v) is 7.77. The highest BCUT2D eigenvalue weighted by atomic mass is 32.3. The van der Waals surface area contributed by atoms with E-state index >= 15 is 0 Å². The number of alkyl halides is 3. The topological polar surface area (TPSA) is 43.4 Å². The molecule has 0 spiro atoms. The molecule has 0 saturated heterocycles. The molecule has 0 N–H and O–H groups in total. The summed E-state index contributed by atoms with van der Waals surface area (Å²) in [6.45, 7) is 0. The molecule has 2 aromatic carbocycles.